The second-order valence-corrected chi connectivity index (χ2v) is 4.58. The van der Waals surface area contributed by atoms with Crippen LogP contribution in [-0.2, 0) is 6.54 Å². The molecule has 4 N–H and O–H groups in total. The number of rotatable bonds is 4. The number of nitrogens with two attached hydrogens (primary N) is 1. The smallest absolute Gasteiger partial charge is 0.337 e. The lowest BCUT2D eigenvalue weighted by molar-refractivity contribution is 0.0698. The molecule has 2 aromatic rings. The van der Waals surface area contributed by atoms with Gasteiger partial charge in [0.2, 0.25) is 0 Å². The summed E-state index contributed by atoms with van der Waals surface area (Å²) in [7, 11) is 0. The molecule has 2 aromatic carbocycles. The largest absolute Gasteiger partial charge is 0.478 e. The van der Waals surface area contributed by atoms with Crippen molar-refractivity contribution in [2.45, 2.75) is 6.54 Å². The van der Waals surface area contributed by atoms with Crippen molar-refractivity contribution in [3.05, 3.63) is 58.4 Å². The summed E-state index contributed by atoms with van der Waals surface area (Å²) in [6.45, 7) is 0.354. The van der Waals surface area contributed by atoms with E-state index in [1.807, 2.05) is 0 Å². The fraction of sp³-hybridized carbons (Fsp3) is 0.0714. The average Bonchev–Trinajstić information content (AvgIpc) is 2.41. The molecule has 0 aliphatic carbocycles. The minimum atomic E-state index is -1.09. The fourth-order valence-electron chi connectivity index (χ4n) is 1.75. The third-order valence-electron chi connectivity index (χ3n) is 2.80. The summed E-state index contributed by atoms with van der Waals surface area (Å²) in [5.41, 5.74) is 7.23. The summed E-state index contributed by atoms with van der Waals surface area (Å²) >= 11 is 5.69. The SMILES string of the molecule is Nc1c(NCc2ccc(F)c(Cl)c2)cccc1C(=O)O. The first kappa shape index (κ1) is 14.1. The highest BCUT2D eigenvalue weighted by atomic mass is 35.5. The van der Waals surface area contributed by atoms with Gasteiger partial charge in [-0.1, -0.05) is 23.7 Å². The lowest BCUT2D eigenvalue weighted by Crippen LogP contribution is -2.07. The molecule has 0 radical (unpaired) electrons. The summed E-state index contributed by atoms with van der Waals surface area (Å²) in [5.74, 6) is -1.57. The van der Waals surface area contributed by atoms with Gasteiger partial charge in [-0.2, -0.15) is 0 Å². The Kier molecular flexibility index (Phi) is 4.10. The van der Waals surface area contributed by atoms with E-state index >= 15 is 0 Å². The first-order chi connectivity index (χ1) is 9.49. The second kappa shape index (κ2) is 5.79. The van der Waals surface area contributed by atoms with E-state index < -0.39 is 11.8 Å². The Morgan fingerprint density at radius 2 is 2.10 bits per heavy atom. The third kappa shape index (κ3) is 3.00. The van der Waals surface area contributed by atoms with Gasteiger partial charge in [-0.3, -0.25) is 0 Å². The molecule has 0 saturated heterocycles. The standard InChI is InChI=1S/C14H12ClFN2O2/c15-10-6-8(4-5-11(10)16)7-18-12-3-1-2-9(13(12)17)14(19)20/h1-6,18H,7,17H2,(H,19,20). The number of carboxylic acids is 1. The molecule has 6 heteroatoms. The molecule has 0 spiro atoms. The Morgan fingerprint density at radius 1 is 1.35 bits per heavy atom. The summed E-state index contributed by atoms with van der Waals surface area (Å²) in [4.78, 5) is 11.0. The van der Waals surface area contributed by atoms with Gasteiger partial charge in [-0.05, 0) is 29.8 Å². The number of hydrogen-bond donors (Lipinski definition) is 3. The number of nitrogens with one attached hydrogen (secondary N) is 1. The van der Waals surface area contributed by atoms with E-state index in [1.165, 1.54) is 18.2 Å². The van der Waals surface area contributed by atoms with Crippen molar-refractivity contribution in [3.8, 4) is 0 Å². The van der Waals surface area contributed by atoms with Crippen LogP contribution in [-0.4, -0.2) is 11.1 Å². The number of carbonyl (C=O) groups is 1. The molecule has 2 rings (SSSR count). The molecule has 0 unspecified atom stereocenters. The molecule has 0 saturated carbocycles. The van der Waals surface area contributed by atoms with Gasteiger partial charge in [0, 0.05) is 6.54 Å². The summed E-state index contributed by atoms with van der Waals surface area (Å²) in [6.07, 6.45) is 0. The van der Waals surface area contributed by atoms with Crippen LogP contribution in [0.1, 0.15) is 15.9 Å². The topological polar surface area (TPSA) is 75.3 Å². The van der Waals surface area contributed by atoms with Crippen LogP contribution in [0.2, 0.25) is 5.02 Å². The number of anilines is 2. The van der Waals surface area contributed by atoms with Gasteiger partial charge < -0.3 is 16.2 Å². The number of carboxylic acid groups (broad SMARTS) is 1. The van der Waals surface area contributed by atoms with Gasteiger partial charge >= 0.3 is 5.97 Å². The van der Waals surface area contributed by atoms with E-state index in [-0.39, 0.29) is 16.3 Å². The minimum Gasteiger partial charge on any atom is -0.478 e. The van der Waals surface area contributed by atoms with Crippen LogP contribution in [0.4, 0.5) is 15.8 Å². The van der Waals surface area contributed by atoms with E-state index in [4.69, 9.17) is 22.4 Å². The van der Waals surface area contributed by atoms with Gasteiger partial charge in [0.15, 0.2) is 0 Å². The van der Waals surface area contributed by atoms with Crippen molar-refractivity contribution >= 4 is 28.9 Å². The normalized spacial score (nSPS) is 10.3. The third-order valence-corrected chi connectivity index (χ3v) is 3.09. The number of benzene rings is 2. The molecule has 0 aromatic heterocycles. The Morgan fingerprint density at radius 3 is 2.75 bits per heavy atom. The van der Waals surface area contributed by atoms with Crippen LogP contribution in [0.3, 0.4) is 0 Å². The van der Waals surface area contributed by atoms with Crippen molar-refractivity contribution in [2.75, 3.05) is 11.1 Å². The maximum absolute atomic E-state index is 13.0. The zero-order valence-electron chi connectivity index (χ0n) is 10.4. The Labute approximate surface area is 120 Å². The lowest BCUT2D eigenvalue weighted by Gasteiger charge is -2.11. The number of para-hydroxylation sites is 1. The molecule has 20 heavy (non-hydrogen) atoms. The summed E-state index contributed by atoms with van der Waals surface area (Å²) < 4.78 is 13.0. The second-order valence-electron chi connectivity index (χ2n) is 4.17. The molecule has 0 bridgehead atoms. The molecule has 0 fully saturated rings. The molecule has 104 valence electrons. The Hall–Kier alpha value is -2.27. The zero-order valence-corrected chi connectivity index (χ0v) is 11.1. The maximum Gasteiger partial charge on any atom is 0.337 e. The fourth-order valence-corrected chi connectivity index (χ4v) is 1.96. The average molecular weight is 295 g/mol. The van der Waals surface area contributed by atoms with Gasteiger partial charge in [-0.15, -0.1) is 0 Å². The minimum absolute atomic E-state index is 0.0344. The quantitative estimate of drug-likeness (QED) is 0.756. The van der Waals surface area contributed by atoms with Gasteiger partial charge in [0.25, 0.3) is 0 Å². The molecule has 0 aliphatic rings. The highest BCUT2D eigenvalue weighted by molar-refractivity contribution is 6.30. The van der Waals surface area contributed by atoms with E-state index in [0.717, 1.165) is 5.56 Å². The lowest BCUT2D eigenvalue weighted by atomic mass is 10.1. The van der Waals surface area contributed by atoms with E-state index in [1.54, 1.807) is 18.2 Å². The first-order valence-corrected chi connectivity index (χ1v) is 6.16. The van der Waals surface area contributed by atoms with Crippen molar-refractivity contribution in [1.82, 2.24) is 0 Å². The number of halogens is 2. The monoisotopic (exact) mass is 294 g/mol. The molecule has 0 amide bonds. The zero-order chi connectivity index (χ0) is 14.7. The molecular weight excluding hydrogens is 283 g/mol. The van der Waals surface area contributed by atoms with E-state index in [9.17, 15) is 9.18 Å². The number of aromatic carboxylic acids is 1. The van der Waals surface area contributed by atoms with Crippen molar-refractivity contribution in [1.29, 1.82) is 0 Å². The van der Waals surface area contributed by atoms with Crippen LogP contribution in [0.15, 0.2) is 36.4 Å². The number of hydrogen-bond acceptors (Lipinski definition) is 3. The van der Waals surface area contributed by atoms with Crippen LogP contribution < -0.4 is 11.1 Å². The van der Waals surface area contributed by atoms with Crippen LogP contribution in [0, 0.1) is 5.82 Å². The van der Waals surface area contributed by atoms with Gasteiger partial charge in [-0.25, -0.2) is 9.18 Å². The first-order valence-electron chi connectivity index (χ1n) is 5.78. The summed E-state index contributed by atoms with van der Waals surface area (Å²) in [5, 5.41) is 12.0. The van der Waals surface area contributed by atoms with Gasteiger partial charge in [0.1, 0.15) is 5.82 Å². The number of nitrogen functional groups attached to an aromatic ring is 1. The van der Waals surface area contributed by atoms with Crippen molar-refractivity contribution in [3.63, 3.8) is 0 Å². The van der Waals surface area contributed by atoms with Crippen LogP contribution in [0.5, 0.6) is 0 Å². The molecule has 0 heterocycles. The predicted octanol–water partition coefficient (Wildman–Crippen LogP) is 3.37. The highest BCUT2D eigenvalue weighted by Crippen LogP contribution is 2.24. The van der Waals surface area contributed by atoms with Crippen molar-refractivity contribution < 1.29 is 14.3 Å². The van der Waals surface area contributed by atoms with Crippen LogP contribution >= 0.6 is 11.6 Å². The molecule has 0 aliphatic heterocycles. The van der Waals surface area contributed by atoms with E-state index in [0.29, 0.717) is 12.2 Å². The van der Waals surface area contributed by atoms with E-state index in [2.05, 4.69) is 5.32 Å². The highest BCUT2D eigenvalue weighted by Gasteiger charge is 2.10. The van der Waals surface area contributed by atoms with Gasteiger partial charge in [0.05, 0.1) is 22.0 Å². The maximum atomic E-state index is 13.0. The molecular formula is C14H12ClFN2O2. The Bertz CT molecular complexity index is 662. The molecule has 0 atom stereocenters. The van der Waals surface area contributed by atoms with Crippen LogP contribution in [0.25, 0.3) is 0 Å². The molecule has 4 nitrogen and oxygen atoms in total. The van der Waals surface area contributed by atoms with Crippen molar-refractivity contribution in [2.24, 2.45) is 0 Å². The predicted molar refractivity (Wildman–Crippen MR) is 76.6 cm³/mol. The Balaban J connectivity index is 2.17. The summed E-state index contributed by atoms with van der Waals surface area (Å²) in [6, 6.07) is 9.06.